The average molecular weight is 318 g/mol. The van der Waals surface area contributed by atoms with Crippen LogP contribution in [0.15, 0.2) is 4.79 Å². The van der Waals surface area contributed by atoms with Gasteiger partial charge in [0.15, 0.2) is 0 Å². The van der Waals surface area contributed by atoms with Gasteiger partial charge in [0.2, 0.25) is 0 Å². The number of aromatic nitrogens is 2. The van der Waals surface area contributed by atoms with E-state index in [0.717, 1.165) is 53.7 Å². The Morgan fingerprint density at radius 2 is 2.27 bits per heavy atom. The third-order valence-electron chi connectivity index (χ3n) is 2.92. The highest BCUT2D eigenvalue weighted by molar-refractivity contribution is 14.1. The zero-order valence-electron chi connectivity index (χ0n) is 8.92. The minimum atomic E-state index is 0.203. The van der Waals surface area contributed by atoms with E-state index in [-0.39, 0.29) is 5.56 Å². The van der Waals surface area contributed by atoms with Crippen LogP contribution in [-0.2, 0) is 19.4 Å². The third-order valence-corrected chi connectivity index (χ3v) is 3.46. The summed E-state index contributed by atoms with van der Waals surface area (Å²) >= 11 is 2.30. The molecule has 0 fully saturated rings. The molecule has 2 heterocycles. The molecule has 0 aromatic carbocycles. The number of aryl methyl sites for hydroxylation is 2. The first kappa shape index (κ1) is 11.1. The lowest BCUT2D eigenvalue weighted by atomic mass is 10.1. The quantitative estimate of drug-likeness (QED) is 0.616. The summed E-state index contributed by atoms with van der Waals surface area (Å²) in [6.45, 7) is 2.81. The van der Waals surface area contributed by atoms with Gasteiger partial charge in [-0.1, -0.05) is 22.6 Å². The van der Waals surface area contributed by atoms with Gasteiger partial charge in [-0.25, -0.2) is 4.98 Å². The Kier molecular flexibility index (Phi) is 3.43. The molecule has 0 unspecified atom stereocenters. The van der Waals surface area contributed by atoms with Crippen LogP contribution >= 0.6 is 22.6 Å². The van der Waals surface area contributed by atoms with Gasteiger partial charge in [-0.2, -0.15) is 0 Å². The largest absolute Gasteiger partial charge is 0.296 e. The molecule has 0 radical (unpaired) electrons. The molecule has 0 N–H and O–H groups in total. The Bertz CT molecular complexity index is 425. The fourth-order valence-electron chi connectivity index (χ4n) is 2.11. The zero-order chi connectivity index (χ0) is 10.8. The van der Waals surface area contributed by atoms with Gasteiger partial charge in [-0.3, -0.25) is 9.36 Å². The molecule has 2 rings (SSSR count). The maximum atomic E-state index is 12.1. The molecule has 4 heteroatoms. The summed E-state index contributed by atoms with van der Waals surface area (Å²) in [5.41, 5.74) is 2.05. The minimum absolute atomic E-state index is 0.203. The number of alkyl halides is 1. The summed E-state index contributed by atoms with van der Waals surface area (Å²) in [4.78, 5) is 16.7. The normalized spacial score (nSPS) is 15.1. The van der Waals surface area contributed by atoms with Gasteiger partial charge in [0.25, 0.3) is 5.56 Å². The predicted molar refractivity (Wildman–Crippen MR) is 68.8 cm³/mol. The molecular weight excluding hydrogens is 303 g/mol. The van der Waals surface area contributed by atoms with E-state index in [2.05, 4.69) is 27.6 Å². The van der Waals surface area contributed by atoms with Crippen molar-refractivity contribution in [2.24, 2.45) is 0 Å². The van der Waals surface area contributed by atoms with Crippen molar-refractivity contribution in [1.29, 1.82) is 0 Å². The van der Waals surface area contributed by atoms with Crippen molar-refractivity contribution < 1.29 is 0 Å². The summed E-state index contributed by atoms with van der Waals surface area (Å²) in [5.74, 6) is 0.987. The molecule has 0 aliphatic carbocycles. The number of rotatable bonds is 2. The fourth-order valence-corrected chi connectivity index (χ4v) is 2.65. The van der Waals surface area contributed by atoms with Crippen molar-refractivity contribution in [1.82, 2.24) is 9.55 Å². The Morgan fingerprint density at radius 3 is 3.00 bits per heavy atom. The highest BCUT2D eigenvalue weighted by Crippen LogP contribution is 2.12. The molecule has 0 amide bonds. The van der Waals surface area contributed by atoms with Crippen LogP contribution in [0.25, 0.3) is 0 Å². The number of halogens is 1. The van der Waals surface area contributed by atoms with Crippen LogP contribution in [-0.4, -0.2) is 14.0 Å². The molecule has 82 valence electrons. The molecule has 15 heavy (non-hydrogen) atoms. The third kappa shape index (κ3) is 2.09. The fraction of sp³-hybridized carbons (Fsp3) is 0.636. The maximum absolute atomic E-state index is 12.1. The van der Waals surface area contributed by atoms with Gasteiger partial charge >= 0.3 is 0 Å². The second kappa shape index (κ2) is 4.63. The number of nitrogens with zero attached hydrogens (tertiary/aromatic N) is 2. The first-order valence-electron chi connectivity index (χ1n) is 5.39. The Balaban J connectivity index is 2.54. The van der Waals surface area contributed by atoms with Crippen LogP contribution in [0.3, 0.4) is 0 Å². The molecule has 3 nitrogen and oxygen atoms in total. The molecule has 1 aliphatic heterocycles. The molecule has 0 saturated heterocycles. The van der Waals surface area contributed by atoms with Crippen LogP contribution in [0.4, 0.5) is 0 Å². The van der Waals surface area contributed by atoms with E-state index in [1.54, 1.807) is 0 Å². The minimum Gasteiger partial charge on any atom is -0.296 e. The van der Waals surface area contributed by atoms with E-state index in [9.17, 15) is 4.79 Å². The van der Waals surface area contributed by atoms with Gasteiger partial charge in [0, 0.05) is 28.7 Å². The zero-order valence-corrected chi connectivity index (χ0v) is 11.1. The van der Waals surface area contributed by atoms with Crippen LogP contribution < -0.4 is 5.56 Å². The van der Waals surface area contributed by atoms with Crippen LogP contribution in [0.2, 0.25) is 0 Å². The summed E-state index contributed by atoms with van der Waals surface area (Å²) in [7, 11) is 0. The first-order chi connectivity index (χ1) is 7.24. The lowest BCUT2D eigenvalue weighted by molar-refractivity contribution is 0.490. The van der Waals surface area contributed by atoms with Crippen molar-refractivity contribution in [2.45, 2.75) is 39.2 Å². The van der Waals surface area contributed by atoms with Crippen molar-refractivity contribution in [2.75, 3.05) is 4.43 Å². The highest BCUT2D eigenvalue weighted by atomic mass is 127. The van der Waals surface area contributed by atoms with E-state index in [1.165, 1.54) is 0 Å². The molecular formula is C11H15IN2O. The Hall–Kier alpha value is -0.390. The van der Waals surface area contributed by atoms with Gasteiger partial charge < -0.3 is 0 Å². The van der Waals surface area contributed by atoms with Gasteiger partial charge in [0.05, 0.1) is 0 Å². The van der Waals surface area contributed by atoms with Crippen LogP contribution in [0, 0.1) is 6.92 Å². The van der Waals surface area contributed by atoms with E-state index in [0.29, 0.717) is 0 Å². The molecule has 1 aromatic heterocycles. The number of hydrogen-bond donors (Lipinski definition) is 0. The average Bonchev–Trinajstić information content (AvgIpc) is 2.24. The van der Waals surface area contributed by atoms with E-state index in [4.69, 9.17) is 0 Å². The Labute approximate surface area is 103 Å². The van der Waals surface area contributed by atoms with Crippen molar-refractivity contribution in [3.8, 4) is 0 Å². The van der Waals surface area contributed by atoms with E-state index < -0.39 is 0 Å². The van der Waals surface area contributed by atoms with Crippen molar-refractivity contribution in [3.63, 3.8) is 0 Å². The van der Waals surface area contributed by atoms with Gasteiger partial charge in [0.1, 0.15) is 5.82 Å². The van der Waals surface area contributed by atoms with Crippen LogP contribution in [0.5, 0.6) is 0 Å². The monoisotopic (exact) mass is 318 g/mol. The summed E-state index contributed by atoms with van der Waals surface area (Å²) in [6, 6.07) is 0. The van der Waals surface area contributed by atoms with Gasteiger partial charge in [-0.15, -0.1) is 0 Å². The second-order valence-electron chi connectivity index (χ2n) is 3.94. The molecule has 0 saturated carbocycles. The maximum Gasteiger partial charge on any atom is 0.256 e. The Morgan fingerprint density at radius 1 is 1.47 bits per heavy atom. The lowest BCUT2D eigenvalue weighted by Crippen LogP contribution is -2.32. The molecule has 0 atom stereocenters. The molecule has 0 bridgehead atoms. The summed E-state index contributed by atoms with van der Waals surface area (Å²) in [5, 5.41) is 0. The topological polar surface area (TPSA) is 34.9 Å². The number of fused-ring (bicyclic) bond motifs is 1. The smallest absolute Gasteiger partial charge is 0.256 e. The predicted octanol–water partition coefficient (Wildman–Crippen LogP) is 1.87. The van der Waals surface area contributed by atoms with Crippen LogP contribution in [0.1, 0.15) is 29.9 Å². The van der Waals surface area contributed by atoms with E-state index >= 15 is 0 Å². The molecule has 1 aromatic rings. The molecule has 0 spiro atoms. The molecule has 1 aliphatic rings. The van der Waals surface area contributed by atoms with E-state index in [1.807, 2.05) is 11.5 Å². The summed E-state index contributed by atoms with van der Waals surface area (Å²) < 4.78 is 2.85. The summed E-state index contributed by atoms with van der Waals surface area (Å²) in [6.07, 6.45) is 4.08. The second-order valence-corrected chi connectivity index (χ2v) is 5.02. The number of hydrogen-bond acceptors (Lipinski definition) is 2. The van der Waals surface area contributed by atoms with Gasteiger partial charge in [-0.05, 0) is 26.2 Å². The first-order valence-corrected chi connectivity index (χ1v) is 6.91. The van der Waals surface area contributed by atoms with Crippen molar-refractivity contribution >= 4 is 22.6 Å². The standard InChI is InChI=1S/C11H15IN2O/c1-8-9(5-6-12)11(15)14-7-3-2-4-10(14)13-8/h2-7H2,1H3. The van der Waals surface area contributed by atoms with Crippen molar-refractivity contribution in [3.05, 3.63) is 27.4 Å². The SMILES string of the molecule is Cc1nc2n(c(=O)c1CCI)CCCC2. The lowest BCUT2D eigenvalue weighted by Gasteiger charge is -2.19. The highest BCUT2D eigenvalue weighted by Gasteiger charge is 2.16.